The molecular weight excluding hydrogens is 319 g/mol. The molecule has 0 atom stereocenters. The third-order valence-electron chi connectivity index (χ3n) is 3.76. The summed E-state index contributed by atoms with van der Waals surface area (Å²) in [5.41, 5.74) is 3.29. The van der Waals surface area contributed by atoms with Crippen molar-refractivity contribution < 1.29 is 4.74 Å². The number of benzene rings is 2. The Labute approximate surface area is 140 Å². The minimum absolute atomic E-state index is 0.587. The normalized spacial score (nSPS) is 14.9. The number of morpholine rings is 1. The van der Waals surface area contributed by atoms with E-state index in [1.807, 2.05) is 12.1 Å². The Morgan fingerprint density at radius 2 is 1.73 bits per heavy atom. The highest BCUT2D eigenvalue weighted by Gasteiger charge is 2.10. The quantitative estimate of drug-likeness (QED) is 0.893. The first kappa shape index (κ1) is 15.5. The molecule has 0 amide bonds. The van der Waals surface area contributed by atoms with Crippen molar-refractivity contribution in [2.24, 2.45) is 0 Å². The lowest BCUT2D eigenvalue weighted by Crippen LogP contribution is -2.36. The van der Waals surface area contributed by atoms with Crippen molar-refractivity contribution in [2.75, 3.05) is 36.5 Å². The number of hydrogen-bond donors (Lipinski definition) is 1. The number of nitrogens with one attached hydrogen (secondary N) is 1. The molecule has 3 rings (SSSR count). The summed E-state index contributed by atoms with van der Waals surface area (Å²) in [5.74, 6) is 0. The van der Waals surface area contributed by atoms with E-state index >= 15 is 0 Å². The molecule has 5 heteroatoms. The van der Waals surface area contributed by atoms with Gasteiger partial charge in [0.15, 0.2) is 0 Å². The summed E-state index contributed by atoms with van der Waals surface area (Å²) in [7, 11) is 0. The summed E-state index contributed by atoms with van der Waals surface area (Å²) in [6.07, 6.45) is 0. The molecule has 1 aliphatic heterocycles. The number of nitrogens with zero attached hydrogens (tertiary/aromatic N) is 1. The Morgan fingerprint density at radius 3 is 2.45 bits per heavy atom. The summed E-state index contributed by atoms with van der Waals surface area (Å²) >= 11 is 12.2. The van der Waals surface area contributed by atoms with Gasteiger partial charge in [-0.3, -0.25) is 0 Å². The van der Waals surface area contributed by atoms with Crippen molar-refractivity contribution in [3.05, 3.63) is 58.1 Å². The van der Waals surface area contributed by atoms with Gasteiger partial charge in [0.2, 0.25) is 0 Å². The van der Waals surface area contributed by atoms with E-state index < -0.39 is 0 Å². The molecule has 1 heterocycles. The summed E-state index contributed by atoms with van der Waals surface area (Å²) in [4.78, 5) is 2.33. The number of rotatable bonds is 4. The third kappa shape index (κ3) is 3.67. The lowest BCUT2D eigenvalue weighted by atomic mass is 10.2. The molecule has 116 valence electrons. The van der Waals surface area contributed by atoms with Crippen LogP contribution in [0.3, 0.4) is 0 Å². The zero-order valence-corrected chi connectivity index (χ0v) is 13.7. The average molecular weight is 337 g/mol. The molecule has 0 saturated carbocycles. The molecule has 0 bridgehead atoms. The SMILES string of the molecule is Clc1cccc(CNc2ccc(N3CCOCC3)cc2)c1Cl. The van der Waals surface area contributed by atoms with Crippen molar-refractivity contribution >= 4 is 34.6 Å². The van der Waals surface area contributed by atoms with Crippen molar-refractivity contribution in [1.29, 1.82) is 0 Å². The molecule has 22 heavy (non-hydrogen) atoms. The third-order valence-corrected chi connectivity index (χ3v) is 4.62. The highest BCUT2D eigenvalue weighted by molar-refractivity contribution is 6.42. The minimum Gasteiger partial charge on any atom is -0.381 e. The summed E-state index contributed by atoms with van der Waals surface area (Å²) in [6, 6.07) is 14.1. The first-order chi connectivity index (χ1) is 10.7. The van der Waals surface area contributed by atoms with Gasteiger partial charge >= 0.3 is 0 Å². The standard InChI is InChI=1S/C17H18Cl2N2O/c18-16-3-1-2-13(17(16)19)12-20-14-4-6-15(7-5-14)21-8-10-22-11-9-21/h1-7,20H,8-12H2. The van der Waals surface area contributed by atoms with E-state index in [1.165, 1.54) is 5.69 Å². The monoisotopic (exact) mass is 336 g/mol. The van der Waals surface area contributed by atoms with E-state index in [1.54, 1.807) is 6.07 Å². The summed E-state index contributed by atoms with van der Waals surface area (Å²) < 4.78 is 5.38. The Balaban J connectivity index is 1.62. The summed E-state index contributed by atoms with van der Waals surface area (Å²) in [5, 5.41) is 4.57. The molecule has 3 nitrogen and oxygen atoms in total. The Bertz CT molecular complexity index is 625. The molecule has 0 spiro atoms. The van der Waals surface area contributed by atoms with Crippen LogP contribution >= 0.6 is 23.2 Å². The largest absolute Gasteiger partial charge is 0.381 e. The number of hydrogen-bond acceptors (Lipinski definition) is 3. The van der Waals surface area contributed by atoms with Gasteiger partial charge in [0.05, 0.1) is 23.3 Å². The second kappa shape index (κ2) is 7.23. The fourth-order valence-electron chi connectivity index (χ4n) is 2.49. The molecule has 2 aromatic carbocycles. The molecule has 0 aromatic heterocycles. The lowest BCUT2D eigenvalue weighted by Gasteiger charge is -2.29. The Kier molecular flexibility index (Phi) is 5.08. The second-order valence-electron chi connectivity index (χ2n) is 5.21. The van der Waals surface area contributed by atoms with E-state index in [0.29, 0.717) is 16.6 Å². The van der Waals surface area contributed by atoms with Crippen LogP contribution in [0, 0.1) is 0 Å². The van der Waals surface area contributed by atoms with Crippen molar-refractivity contribution in [3.8, 4) is 0 Å². The van der Waals surface area contributed by atoms with Gasteiger partial charge in [-0.1, -0.05) is 35.3 Å². The van der Waals surface area contributed by atoms with Gasteiger partial charge in [0.1, 0.15) is 0 Å². The molecule has 0 aliphatic carbocycles. The molecule has 0 unspecified atom stereocenters. The van der Waals surface area contributed by atoms with Crippen molar-refractivity contribution in [1.82, 2.24) is 0 Å². The molecular formula is C17H18Cl2N2O. The van der Waals surface area contributed by atoms with E-state index in [9.17, 15) is 0 Å². The van der Waals surface area contributed by atoms with Gasteiger partial charge in [-0.25, -0.2) is 0 Å². The zero-order valence-electron chi connectivity index (χ0n) is 12.2. The number of halogens is 2. The maximum absolute atomic E-state index is 6.20. The van der Waals surface area contributed by atoms with E-state index in [0.717, 1.165) is 37.6 Å². The topological polar surface area (TPSA) is 24.5 Å². The average Bonchev–Trinajstić information content (AvgIpc) is 2.57. The fourth-order valence-corrected chi connectivity index (χ4v) is 2.88. The molecule has 1 saturated heterocycles. The van der Waals surface area contributed by atoms with Gasteiger partial charge in [0.25, 0.3) is 0 Å². The first-order valence-electron chi connectivity index (χ1n) is 7.33. The number of ether oxygens (including phenoxy) is 1. The first-order valence-corrected chi connectivity index (χ1v) is 8.09. The molecule has 1 aliphatic rings. The van der Waals surface area contributed by atoms with Crippen LogP contribution in [-0.2, 0) is 11.3 Å². The van der Waals surface area contributed by atoms with Crippen LogP contribution in [0.25, 0.3) is 0 Å². The van der Waals surface area contributed by atoms with E-state index in [2.05, 4.69) is 34.5 Å². The van der Waals surface area contributed by atoms with Crippen molar-refractivity contribution in [3.63, 3.8) is 0 Å². The van der Waals surface area contributed by atoms with Gasteiger partial charge < -0.3 is 15.0 Å². The predicted molar refractivity (Wildman–Crippen MR) is 93.3 cm³/mol. The Hall–Kier alpha value is -1.42. The maximum atomic E-state index is 6.20. The van der Waals surface area contributed by atoms with Gasteiger partial charge in [-0.2, -0.15) is 0 Å². The number of anilines is 2. The van der Waals surface area contributed by atoms with Gasteiger partial charge in [-0.05, 0) is 35.9 Å². The molecule has 2 aromatic rings. The minimum atomic E-state index is 0.587. The van der Waals surface area contributed by atoms with Gasteiger partial charge in [-0.15, -0.1) is 0 Å². The Morgan fingerprint density at radius 1 is 1.00 bits per heavy atom. The van der Waals surface area contributed by atoms with Gasteiger partial charge in [0, 0.05) is 31.0 Å². The lowest BCUT2D eigenvalue weighted by molar-refractivity contribution is 0.122. The van der Waals surface area contributed by atoms with E-state index in [-0.39, 0.29) is 0 Å². The smallest absolute Gasteiger partial charge is 0.0642 e. The molecule has 1 N–H and O–H groups in total. The van der Waals surface area contributed by atoms with E-state index in [4.69, 9.17) is 27.9 Å². The highest BCUT2D eigenvalue weighted by atomic mass is 35.5. The second-order valence-corrected chi connectivity index (χ2v) is 6.00. The summed E-state index contributed by atoms with van der Waals surface area (Å²) in [6.45, 7) is 4.15. The maximum Gasteiger partial charge on any atom is 0.0642 e. The molecule has 0 radical (unpaired) electrons. The van der Waals surface area contributed by atoms with Crippen LogP contribution < -0.4 is 10.2 Å². The van der Waals surface area contributed by atoms with Crippen LogP contribution in [0.15, 0.2) is 42.5 Å². The van der Waals surface area contributed by atoms with Crippen molar-refractivity contribution in [2.45, 2.75) is 6.54 Å². The van der Waals surface area contributed by atoms with Crippen LogP contribution in [0.1, 0.15) is 5.56 Å². The highest BCUT2D eigenvalue weighted by Crippen LogP contribution is 2.26. The van der Waals surface area contributed by atoms with Crippen LogP contribution in [0.4, 0.5) is 11.4 Å². The van der Waals surface area contributed by atoms with Crippen LogP contribution in [0.5, 0.6) is 0 Å². The molecule has 1 fully saturated rings. The zero-order chi connectivity index (χ0) is 15.4. The van der Waals surface area contributed by atoms with Crippen LogP contribution in [-0.4, -0.2) is 26.3 Å². The predicted octanol–water partition coefficient (Wildman–Crippen LogP) is 4.44. The fraction of sp³-hybridized carbons (Fsp3) is 0.294. The van der Waals surface area contributed by atoms with Crippen LogP contribution in [0.2, 0.25) is 10.0 Å².